The molecule has 1 aliphatic heterocycles. The van der Waals surface area contributed by atoms with Gasteiger partial charge in [-0.25, -0.2) is 4.39 Å². The maximum absolute atomic E-state index is 13.2. The summed E-state index contributed by atoms with van der Waals surface area (Å²) in [5, 5.41) is 0. The van der Waals surface area contributed by atoms with Crippen LogP contribution in [0.15, 0.2) is 83.8 Å². The third-order valence-corrected chi connectivity index (χ3v) is 5.61. The number of ether oxygens (including phenoxy) is 1. The molecule has 0 aliphatic carbocycles. The number of rotatable bonds is 5. The van der Waals surface area contributed by atoms with E-state index in [9.17, 15) is 9.18 Å². The monoisotopic (exact) mass is 421 g/mol. The van der Waals surface area contributed by atoms with Crippen molar-refractivity contribution in [1.82, 2.24) is 0 Å². The molecule has 0 unspecified atom stereocenters. The molecule has 0 aromatic heterocycles. The van der Waals surface area contributed by atoms with Crippen molar-refractivity contribution in [3.63, 3.8) is 0 Å². The van der Waals surface area contributed by atoms with Gasteiger partial charge in [0.15, 0.2) is 4.32 Å². The summed E-state index contributed by atoms with van der Waals surface area (Å²) in [5.74, 6) is 0.185. The minimum atomic E-state index is -0.357. The van der Waals surface area contributed by atoms with Crippen LogP contribution in [0, 0.1) is 5.82 Å². The van der Waals surface area contributed by atoms with Crippen molar-refractivity contribution in [2.24, 2.45) is 0 Å². The SMILES string of the molecule is O=C1/C(=C/c2ccc(OCc3ccccc3)cc2)SC(=S)N1c1ccc(F)cc1. The second-order valence-corrected chi connectivity index (χ2v) is 8.01. The highest BCUT2D eigenvalue weighted by Crippen LogP contribution is 2.36. The molecule has 6 heteroatoms. The predicted molar refractivity (Wildman–Crippen MR) is 119 cm³/mol. The quantitative estimate of drug-likeness (QED) is 0.384. The Morgan fingerprint density at radius 2 is 1.66 bits per heavy atom. The van der Waals surface area contributed by atoms with Gasteiger partial charge in [0.1, 0.15) is 18.2 Å². The number of carbonyl (C=O) groups excluding carboxylic acids is 1. The van der Waals surface area contributed by atoms with Gasteiger partial charge in [-0.1, -0.05) is 66.4 Å². The Kier molecular flexibility index (Phi) is 5.74. The van der Waals surface area contributed by atoms with Crippen LogP contribution in [0.4, 0.5) is 10.1 Å². The molecule has 1 saturated heterocycles. The Labute approximate surface area is 177 Å². The summed E-state index contributed by atoms with van der Waals surface area (Å²) in [4.78, 5) is 14.7. The average molecular weight is 422 g/mol. The first-order valence-corrected chi connectivity index (χ1v) is 10.1. The van der Waals surface area contributed by atoms with Gasteiger partial charge in [-0.3, -0.25) is 9.69 Å². The highest BCUT2D eigenvalue weighted by molar-refractivity contribution is 8.27. The fourth-order valence-electron chi connectivity index (χ4n) is 2.83. The summed E-state index contributed by atoms with van der Waals surface area (Å²) in [6.07, 6.45) is 1.80. The number of thioether (sulfide) groups is 1. The van der Waals surface area contributed by atoms with Gasteiger partial charge in [0, 0.05) is 0 Å². The number of carbonyl (C=O) groups is 1. The number of amides is 1. The molecule has 1 amide bonds. The van der Waals surface area contributed by atoms with E-state index in [4.69, 9.17) is 17.0 Å². The minimum absolute atomic E-state index is 0.212. The Balaban J connectivity index is 1.45. The number of hydrogen-bond donors (Lipinski definition) is 0. The molecule has 0 N–H and O–H groups in total. The van der Waals surface area contributed by atoms with Crippen molar-refractivity contribution < 1.29 is 13.9 Å². The number of benzene rings is 3. The van der Waals surface area contributed by atoms with Gasteiger partial charge in [0.25, 0.3) is 5.91 Å². The zero-order valence-corrected chi connectivity index (χ0v) is 16.9. The van der Waals surface area contributed by atoms with Crippen LogP contribution in [0.3, 0.4) is 0 Å². The maximum Gasteiger partial charge on any atom is 0.270 e. The summed E-state index contributed by atoms with van der Waals surface area (Å²) in [7, 11) is 0. The van der Waals surface area contributed by atoms with E-state index in [0.717, 1.165) is 16.9 Å². The van der Waals surface area contributed by atoms with Crippen molar-refractivity contribution in [1.29, 1.82) is 0 Å². The van der Waals surface area contributed by atoms with Crippen LogP contribution in [0.1, 0.15) is 11.1 Å². The highest BCUT2D eigenvalue weighted by atomic mass is 32.2. The fourth-order valence-corrected chi connectivity index (χ4v) is 4.13. The van der Waals surface area contributed by atoms with Crippen LogP contribution in [0.25, 0.3) is 6.08 Å². The van der Waals surface area contributed by atoms with Crippen molar-refractivity contribution in [2.75, 3.05) is 4.90 Å². The van der Waals surface area contributed by atoms with E-state index in [1.807, 2.05) is 54.6 Å². The standard InChI is InChI=1S/C23H16FNO2S2/c24-18-8-10-19(11-9-18)25-22(26)21(29-23(25)28)14-16-6-12-20(13-7-16)27-15-17-4-2-1-3-5-17/h1-14H,15H2/b21-14-. The molecule has 29 heavy (non-hydrogen) atoms. The summed E-state index contributed by atoms with van der Waals surface area (Å²) in [6, 6.07) is 23.2. The first kappa shape index (κ1) is 19.4. The molecule has 3 aromatic rings. The molecule has 144 valence electrons. The smallest absolute Gasteiger partial charge is 0.270 e. The van der Waals surface area contributed by atoms with Gasteiger partial charge >= 0.3 is 0 Å². The molecular formula is C23H16FNO2S2. The lowest BCUT2D eigenvalue weighted by Crippen LogP contribution is -2.27. The van der Waals surface area contributed by atoms with Crippen LogP contribution in [0.5, 0.6) is 5.75 Å². The molecular weight excluding hydrogens is 405 g/mol. The first-order chi connectivity index (χ1) is 14.1. The maximum atomic E-state index is 13.2. The molecule has 4 rings (SSSR count). The van der Waals surface area contributed by atoms with Gasteiger partial charge in [-0.15, -0.1) is 0 Å². The summed E-state index contributed by atoms with van der Waals surface area (Å²) < 4.78 is 19.4. The Morgan fingerprint density at radius 3 is 2.34 bits per heavy atom. The van der Waals surface area contributed by atoms with Gasteiger partial charge in [0.05, 0.1) is 10.6 Å². The topological polar surface area (TPSA) is 29.5 Å². The van der Waals surface area contributed by atoms with Crippen LogP contribution in [-0.2, 0) is 11.4 Å². The zero-order chi connectivity index (χ0) is 20.2. The second kappa shape index (κ2) is 8.59. The van der Waals surface area contributed by atoms with E-state index in [0.29, 0.717) is 21.5 Å². The molecule has 1 fully saturated rings. The largest absolute Gasteiger partial charge is 0.489 e. The Hall–Kier alpha value is -2.96. The van der Waals surface area contributed by atoms with E-state index in [1.54, 1.807) is 18.2 Å². The third-order valence-electron chi connectivity index (χ3n) is 4.30. The van der Waals surface area contributed by atoms with E-state index in [-0.39, 0.29) is 11.7 Å². The second-order valence-electron chi connectivity index (χ2n) is 6.34. The van der Waals surface area contributed by atoms with Crippen molar-refractivity contribution in [3.05, 3.63) is 101 Å². The van der Waals surface area contributed by atoms with Crippen LogP contribution in [0.2, 0.25) is 0 Å². The van der Waals surface area contributed by atoms with Crippen LogP contribution < -0.4 is 9.64 Å². The zero-order valence-electron chi connectivity index (χ0n) is 15.2. The van der Waals surface area contributed by atoms with E-state index >= 15 is 0 Å². The third kappa shape index (κ3) is 4.55. The molecule has 3 nitrogen and oxygen atoms in total. The normalized spacial score (nSPS) is 15.2. The highest BCUT2D eigenvalue weighted by Gasteiger charge is 2.33. The summed E-state index contributed by atoms with van der Waals surface area (Å²) in [6.45, 7) is 0.497. The Bertz CT molecular complexity index is 1060. The lowest BCUT2D eigenvalue weighted by molar-refractivity contribution is -0.113. The number of thiocarbonyl (C=S) groups is 1. The minimum Gasteiger partial charge on any atom is -0.489 e. The number of halogens is 1. The van der Waals surface area contributed by atoms with Crippen LogP contribution in [-0.4, -0.2) is 10.2 Å². The molecule has 0 radical (unpaired) electrons. The molecule has 3 aromatic carbocycles. The van der Waals surface area contributed by atoms with Crippen molar-refractivity contribution >= 4 is 46.0 Å². The molecule has 1 aliphatic rings. The first-order valence-electron chi connectivity index (χ1n) is 8.90. The molecule has 1 heterocycles. The van der Waals surface area contributed by atoms with E-state index < -0.39 is 0 Å². The number of nitrogens with zero attached hydrogens (tertiary/aromatic N) is 1. The van der Waals surface area contributed by atoms with Gasteiger partial charge < -0.3 is 4.74 Å². The van der Waals surface area contributed by atoms with Crippen molar-refractivity contribution in [2.45, 2.75) is 6.61 Å². The van der Waals surface area contributed by atoms with Crippen LogP contribution >= 0.6 is 24.0 Å². The predicted octanol–water partition coefficient (Wildman–Crippen LogP) is 5.81. The molecule has 0 spiro atoms. The molecule has 0 saturated carbocycles. The number of anilines is 1. The Morgan fingerprint density at radius 1 is 0.966 bits per heavy atom. The van der Waals surface area contributed by atoms with Gasteiger partial charge in [0.2, 0.25) is 0 Å². The van der Waals surface area contributed by atoms with E-state index in [2.05, 4.69) is 0 Å². The van der Waals surface area contributed by atoms with Gasteiger partial charge in [-0.05, 0) is 53.6 Å². The van der Waals surface area contributed by atoms with Gasteiger partial charge in [-0.2, -0.15) is 0 Å². The lowest BCUT2D eigenvalue weighted by Gasteiger charge is -2.14. The summed E-state index contributed by atoms with van der Waals surface area (Å²) >= 11 is 6.57. The number of hydrogen-bond acceptors (Lipinski definition) is 4. The molecule has 0 atom stereocenters. The van der Waals surface area contributed by atoms with E-state index in [1.165, 1.54) is 28.8 Å². The fraction of sp³-hybridized carbons (Fsp3) is 0.0435. The van der Waals surface area contributed by atoms with Crippen molar-refractivity contribution in [3.8, 4) is 5.75 Å². The average Bonchev–Trinajstić information content (AvgIpc) is 3.02. The lowest BCUT2D eigenvalue weighted by atomic mass is 10.2. The summed E-state index contributed by atoms with van der Waals surface area (Å²) in [5.41, 5.74) is 2.53. The molecule has 0 bridgehead atoms.